The predicted octanol–water partition coefficient (Wildman–Crippen LogP) is 2.77. The Hall–Kier alpha value is -1.72. The first kappa shape index (κ1) is 15.3. The van der Waals surface area contributed by atoms with Gasteiger partial charge < -0.3 is 10.2 Å². The molecule has 1 aromatic rings. The molecule has 3 nitrogen and oxygen atoms in total. The summed E-state index contributed by atoms with van der Waals surface area (Å²) in [4.78, 5) is 13.5. The predicted molar refractivity (Wildman–Crippen MR) is 67.3 cm³/mol. The summed E-state index contributed by atoms with van der Waals surface area (Å²) in [6, 6.07) is 0.999. The van der Waals surface area contributed by atoms with Crippen LogP contribution < -0.4 is 5.32 Å². The maximum atomic E-state index is 13.0. The molecular formula is C13H17F3N2O. The maximum Gasteiger partial charge on any atom is 0.244 e. The Bertz CT molecular complexity index is 438. The summed E-state index contributed by atoms with van der Waals surface area (Å²) in [5.74, 6) is -4.28. The van der Waals surface area contributed by atoms with Crippen molar-refractivity contribution in [1.29, 1.82) is 0 Å². The van der Waals surface area contributed by atoms with Gasteiger partial charge in [0.05, 0.1) is 0 Å². The fraction of sp³-hybridized carbons (Fsp3) is 0.462. The van der Waals surface area contributed by atoms with Gasteiger partial charge in [0.2, 0.25) is 5.91 Å². The molecule has 0 radical (unpaired) electrons. The minimum absolute atomic E-state index is 0.0319. The monoisotopic (exact) mass is 274 g/mol. The molecule has 1 N–H and O–H groups in total. The number of amides is 1. The molecule has 0 saturated heterocycles. The van der Waals surface area contributed by atoms with Gasteiger partial charge in [-0.05, 0) is 20.8 Å². The summed E-state index contributed by atoms with van der Waals surface area (Å²) in [5.41, 5.74) is 0.0319. The zero-order valence-electron chi connectivity index (χ0n) is 11.1. The quantitative estimate of drug-likeness (QED) is 0.837. The van der Waals surface area contributed by atoms with Crippen LogP contribution in [0.25, 0.3) is 0 Å². The summed E-state index contributed by atoms with van der Waals surface area (Å²) in [6.45, 7) is 6.36. The third-order valence-corrected chi connectivity index (χ3v) is 2.81. The van der Waals surface area contributed by atoms with Crippen LogP contribution in [0.4, 0.5) is 18.9 Å². The van der Waals surface area contributed by atoms with Crippen molar-refractivity contribution in [3.05, 3.63) is 29.6 Å². The molecule has 1 amide bonds. The van der Waals surface area contributed by atoms with Crippen LogP contribution in [0.1, 0.15) is 20.8 Å². The second kappa shape index (κ2) is 6.45. The molecule has 0 fully saturated rings. The van der Waals surface area contributed by atoms with E-state index in [4.69, 9.17) is 0 Å². The van der Waals surface area contributed by atoms with Crippen molar-refractivity contribution in [1.82, 2.24) is 4.90 Å². The van der Waals surface area contributed by atoms with E-state index in [1.807, 2.05) is 13.8 Å². The molecule has 19 heavy (non-hydrogen) atoms. The lowest BCUT2D eigenvalue weighted by molar-refractivity contribution is -0.131. The fourth-order valence-electron chi connectivity index (χ4n) is 1.76. The van der Waals surface area contributed by atoms with Crippen LogP contribution >= 0.6 is 0 Å². The molecule has 106 valence electrons. The van der Waals surface area contributed by atoms with E-state index in [0.717, 1.165) is 12.1 Å². The number of rotatable bonds is 5. The summed E-state index contributed by atoms with van der Waals surface area (Å²) < 4.78 is 38.9. The van der Waals surface area contributed by atoms with Crippen LogP contribution in [0.2, 0.25) is 0 Å². The van der Waals surface area contributed by atoms with Gasteiger partial charge in [-0.25, -0.2) is 13.2 Å². The number of carbonyl (C=O) groups excluding carboxylic acids is 1. The minimum atomic E-state index is -1.52. The Morgan fingerprint density at radius 1 is 1.21 bits per heavy atom. The zero-order valence-corrected chi connectivity index (χ0v) is 11.1. The van der Waals surface area contributed by atoms with Gasteiger partial charge in [-0.1, -0.05) is 0 Å². The molecule has 0 bridgehead atoms. The molecular weight excluding hydrogens is 257 g/mol. The molecule has 1 rings (SSSR count). The molecule has 1 aromatic carbocycles. The van der Waals surface area contributed by atoms with Crippen LogP contribution in [0.5, 0.6) is 0 Å². The SMILES string of the molecule is CCN(CC)C(=O)C(C)Nc1cc(F)c(F)c(F)c1. The largest absolute Gasteiger partial charge is 0.374 e. The summed E-state index contributed by atoms with van der Waals surface area (Å²) >= 11 is 0. The highest BCUT2D eigenvalue weighted by atomic mass is 19.2. The Labute approximate surface area is 110 Å². The van der Waals surface area contributed by atoms with E-state index < -0.39 is 23.5 Å². The fourth-order valence-corrected chi connectivity index (χ4v) is 1.76. The standard InChI is InChI=1S/C13H17F3N2O/c1-4-18(5-2)13(19)8(3)17-9-6-10(14)12(16)11(15)7-9/h6-8,17H,4-5H2,1-3H3. The highest BCUT2D eigenvalue weighted by molar-refractivity contribution is 5.84. The number of likely N-dealkylation sites (N-methyl/N-ethyl adjacent to an activating group) is 1. The zero-order chi connectivity index (χ0) is 14.6. The van der Waals surface area contributed by atoms with Gasteiger partial charge in [0.25, 0.3) is 0 Å². The van der Waals surface area contributed by atoms with Gasteiger partial charge >= 0.3 is 0 Å². The highest BCUT2D eigenvalue weighted by Crippen LogP contribution is 2.18. The van der Waals surface area contributed by atoms with E-state index >= 15 is 0 Å². The van der Waals surface area contributed by atoms with Crippen molar-refractivity contribution >= 4 is 11.6 Å². The number of nitrogens with zero attached hydrogens (tertiary/aromatic N) is 1. The van der Waals surface area contributed by atoms with Crippen LogP contribution in [0.15, 0.2) is 12.1 Å². The molecule has 1 atom stereocenters. The summed E-state index contributed by atoms with van der Waals surface area (Å²) in [7, 11) is 0. The second-order valence-corrected chi connectivity index (χ2v) is 4.13. The normalized spacial score (nSPS) is 12.1. The first-order valence-electron chi connectivity index (χ1n) is 6.10. The Morgan fingerprint density at radius 3 is 2.11 bits per heavy atom. The van der Waals surface area contributed by atoms with Gasteiger partial charge in [0.1, 0.15) is 6.04 Å². The minimum Gasteiger partial charge on any atom is -0.374 e. The van der Waals surface area contributed by atoms with Gasteiger partial charge in [0, 0.05) is 30.9 Å². The maximum absolute atomic E-state index is 13.0. The molecule has 6 heteroatoms. The number of anilines is 1. The molecule has 0 saturated carbocycles. The molecule has 0 aromatic heterocycles. The molecule has 0 spiro atoms. The van der Waals surface area contributed by atoms with Crippen LogP contribution in [-0.4, -0.2) is 29.9 Å². The third kappa shape index (κ3) is 3.62. The Morgan fingerprint density at radius 2 is 1.68 bits per heavy atom. The van der Waals surface area contributed by atoms with Crippen molar-refractivity contribution in [2.24, 2.45) is 0 Å². The number of benzene rings is 1. The van der Waals surface area contributed by atoms with Crippen molar-refractivity contribution in [3.63, 3.8) is 0 Å². The van der Waals surface area contributed by atoms with Crippen LogP contribution in [0.3, 0.4) is 0 Å². The number of hydrogen-bond acceptors (Lipinski definition) is 2. The average molecular weight is 274 g/mol. The first-order valence-corrected chi connectivity index (χ1v) is 6.10. The van der Waals surface area contributed by atoms with Crippen LogP contribution in [0, 0.1) is 17.5 Å². The van der Waals surface area contributed by atoms with Gasteiger partial charge in [-0.2, -0.15) is 0 Å². The third-order valence-electron chi connectivity index (χ3n) is 2.81. The van der Waals surface area contributed by atoms with Crippen molar-refractivity contribution in [3.8, 4) is 0 Å². The first-order chi connectivity index (χ1) is 8.90. The molecule has 0 heterocycles. The summed E-state index contributed by atoms with van der Waals surface area (Å²) in [6.07, 6.45) is 0. The van der Waals surface area contributed by atoms with Gasteiger partial charge in [-0.3, -0.25) is 4.79 Å². The summed E-state index contributed by atoms with van der Waals surface area (Å²) in [5, 5.41) is 2.66. The lowest BCUT2D eigenvalue weighted by Crippen LogP contribution is -2.41. The van der Waals surface area contributed by atoms with E-state index in [9.17, 15) is 18.0 Å². The molecule has 0 aliphatic carbocycles. The second-order valence-electron chi connectivity index (χ2n) is 4.13. The highest BCUT2D eigenvalue weighted by Gasteiger charge is 2.19. The number of hydrogen-bond donors (Lipinski definition) is 1. The Kier molecular flexibility index (Phi) is 5.20. The van der Waals surface area contributed by atoms with Crippen molar-refractivity contribution < 1.29 is 18.0 Å². The van der Waals surface area contributed by atoms with E-state index in [1.54, 1.807) is 11.8 Å². The van der Waals surface area contributed by atoms with E-state index in [-0.39, 0.29) is 11.6 Å². The van der Waals surface area contributed by atoms with Crippen LogP contribution in [-0.2, 0) is 4.79 Å². The van der Waals surface area contributed by atoms with Gasteiger partial charge in [-0.15, -0.1) is 0 Å². The van der Waals surface area contributed by atoms with E-state index in [2.05, 4.69) is 5.32 Å². The topological polar surface area (TPSA) is 32.3 Å². The van der Waals surface area contributed by atoms with Crippen molar-refractivity contribution in [2.75, 3.05) is 18.4 Å². The number of halogens is 3. The molecule has 1 unspecified atom stereocenters. The average Bonchev–Trinajstić information content (AvgIpc) is 2.37. The van der Waals surface area contributed by atoms with Gasteiger partial charge in [0.15, 0.2) is 17.5 Å². The molecule has 0 aliphatic heterocycles. The Balaban J connectivity index is 2.82. The number of carbonyl (C=O) groups is 1. The lowest BCUT2D eigenvalue weighted by atomic mass is 10.2. The smallest absolute Gasteiger partial charge is 0.244 e. The lowest BCUT2D eigenvalue weighted by Gasteiger charge is -2.24. The molecule has 0 aliphatic rings. The van der Waals surface area contributed by atoms with E-state index in [1.165, 1.54) is 0 Å². The van der Waals surface area contributed by atoms with Crippen molar-refractivity contribution in [2.45, 2.75) is 26.8 Å². The number of nitrogens with one attached hydrogen (secondary N) is 1. The van der Waals surface area contributed by atoms with E-state index in [0.29, 0.717) is 13.1 Å².